The lowest BCUT2D eigenvalue weighted by atomic mass is 9.55. The van der Waals surface area contributed by atoms with Crippen LogP contribution in [0.25, 0.3) is 0 Å². The number of fused-ring (bicyclic) bond motifs is 1. The lowest BCUT2D eigenvalue weighted by molar-refractivity contribution is -0.198. The predicted molar refractivity (Wildman–Crippen MR) is 77.5 cm³/mol. The molecule has 0 aromatic heterocycles. The van der Waals surface area contributed by atoms with Gasteiger partial charge in [0.1, 0.15) is 11.2 Å². The van der Waals surface area contributed by atoms with Gasteiger partial charge in [-0.1, -0.05) is 6.92 Å². The van der Waals surface area contributed by atoms with Gasteiger partial charge >= 0.3 is 11.9 Å². The highest BCUT2D eigenvalue weighted by molar-refractivity contribution is 5.77. The van der Waals surface area contributed by atoms with Crippen LogP contribution in [0.5, 0.6) is 0 Å². The second kappa shape index (κ2) is 4.02. The molecule has 21 heavy (non-hydrogen) atoms. The van der Waals surface area contributed by atoms with Crippen LogP contribution in [0.1, 0.15) is 66.7 Å². The molecule has 4 heteroatoms. The molecular weight excluding hydrogens is 268 g/mol. The molecule has 0 amide bonds. The molecule has 4 rings (SSSR count). The summed E-state index contributed by atoms with van der Waals surface area (Å²) in [7, 11) is 0. The van der Waals surface area contributed by atoms with E-state index in [1.54, 1.807) is 0 Å². The first-order valence-electron chi connectivity index (χ1n) is 7.91. The maximum absolute atomic E-state index is 12.4. The van der Waals surface area contributed by atoms with E-state index in [0.717, 1.165) is 19.3 Å². The van der Waals surface area contributed by atoms with Crippen molar-refractivity contribution in [2.24, 2.45) is 16.7 Å². The van der Waals surface area contributed by atoms with Crippen molar-refractivity contribution in [3.63, 3.8) is 0 Å². The second-order valence-electron chi connectivity index (χ2n) is 9.14. The van der Waals surface area contributed by atoms with Gasteiger partial charge in [0, 0.05) is 12.8 Å². The van der Waals surface area contributed by atoms with E-state index in [2.05, 4.69) is 6.92 Å². The summed E-state index contributed by atoms with van der Waals surface area (Å²) in [5, 5.41) is 0. The molecule has 4 unspecified atom stereocenters. The van der Waals surface area contributed by atoms with E-state index in [1.807, 2.05) is 27.7 Å². The fourth-order valence-corrected chi connectivity index (χ4v) is 4.98. The van der Waals surface area contributed by atoms with Gasteiger partial charge in [-0.05, 0) is 52.4 Å². The second-order valence-corrected chi connectivity index (χ2v) is 9.14. The van der Waals surface area contributed by atoms with Gasteiger partial charge in [-0.3, -0.25) is 9.59 Å². The maximum atomic E-state index is 12.4. The van der Waals surface area contributed by atoms with Crippen molar-refractivity contribution in [1.29, 1.82) is 0 Å². The summed E-state index contributed by atoms with van der Waals surface area (Å²) in [6, 6.07) is 0. The molecule has 0 N–H and O–H groups in total. The van der Waals surface area contributed by atoms with E-state index in [-0.39, 0.29) is 23.3 Å². The van der Waals surface area contributed by atoms with E-state index >= 15 is 0 Å². The molecule has 2 aliphatic carbocycles. The molecular formula is C17H26O4. The van der Waals surface area contributed by atoms with Crippen molar-refractivity contribution in [2.75, 3.05) is 0 Å². The van der Waals surface area contributed by atoms with Gasteiger partial charge < -0.3 is 9.47 Å². The van der Waals surface area contributed by atoms with Crippen LogP contribution in [-0.4, -0.2) is 23.1 Å². The Hall–Kier alpha value is -1.06. The van der Waals surface area contributed by atoms with Crippen LogP contribution in [0, 0.1) is 16.7 Å². The molecule has 0 aromatic carbocycles. The zero-order chi connectivity index (χ0) is 15.7. The first-order chi connectivity index (χ1) is 9.45. The Bertz CT molecular complexity index is 505. The summed E-state index contributed by atoms with van der Waals surface area (Å²) in [5.74, 6) is -0.403. The van der Waals surface area contributed by atoms with Crippen molar-refractivity contribution in [2.45, 2.75) is 77.9 Å². The Labute approximate surface area is 126 Å². The van der Waals surface area contributed by atoms with Crippen LogP contribution in [0.4, 0.5) is 0 Å². The fraction of sp³-hybridized carbons (Fsp3) is 0.882. The minimum absolute atomic E-state index is 0.0280. The number of carbonyl (C=O) groups excluding carboxylic acids is 2. The summed E-state index contributed by atoms with van der Waals surface area (Å²) in [6.07, 6.45) is 3.84. The molecule has 4 fully saturated rings. The zero-order valence-electron chi connectivity index (χ0n) is 13.7. The first kappa shape index (κ1) is 14.9. The highest BCUT2D eigenvalue weighted by atomic mass is 16.6. The number of hydrogen-bond donors (Lipinski definition) is 0. The van der Waals surface area contributed by atoms with Crippen LogP contribution < -0.4 is 0 Å². The SMILES string of the molecule is CC12CC3CC(OC(=O)C(C)(C)C)(C1)CC(C)(C2)OC3=O. The van der Waals surface area contributed by atoms with Crippen LogP contribution in [0.2, 0.25) is 0 Å². The minimum atomic E-state index is -0.527. The lowest BCUT2D eigenvalue weighted by Crippen LogP contribution is -2.56. The number of esters is 2. The van der Waals surface area contributed by atoms with Gasteiger partial charge in [-0.15, -0.1) is 0 Å². The van der Waals surface area contributed by atoms with Crippen LogP contribution in [-0.2, 0) is 19.1 Å². The average Bonchev–Trinajstić information content (AvgIpc) is 2.33. The van der Waals surface area contributed by atoms with Crippen molar-refractivity contribution < 1.29 is 19.1 Å². The van der Waals surface area contributed by atoms with Crippen LogP contribution in [0.3, 0.4) is 0 Å². The smallest absolute Gasteiger partial charge is 0.311 e. The predicted octanol–water partition coefficient (Wildman–Crippen LogP) is 3.23. The normalized spacial score (nSPS) is 45.2. The molecule has 0 radical (unpaired) electrons. The molecule has 118 valence electrons. The summed E-state index contributed by atoms with van der Waals surface area (Å²) in [6.45, 7) is 9.81. The zero-order valence-corrected chi connectivity index (χ0v) is 13.7. The number of rotatable bonds is 1. The van der Waals surface area contributed by atoms with Gasteiger partial charge in [-0.2, -0.15) is 0 Å². The molecule has 2 saturated carbocycles. The van der Waals surface area contributed by atoms with E-state index in [0.29, 0.717) is 12.8 Å². The molecule has 0 aromatic rings. The summed E-state index contributed by atoms with van der Waals surface area (Å²) in [5.41, 5.74) is -1.51. The van der Waals surface area contributed by atoms with Gasteiger partial charge in [0.15, 0.2) is 0 Å². The van der Waals surface area contributed by atoms with Crippen LogP contribution >= 0.6 is 0 Å². The minimum Gasteiger partial charge on any atom is -0.459 e. The van der Waals surface area contributed by atoms with E-state index in [1.165, 1.54) is 0 Å². The van der Waals surface area contributed by atoms with E-state index in [9.17, 15) is 9.59 Å². The third-order valence-corrected chi connectivity index (χ3v) is 5.21. The van der Waals surface area contributed by atoms with E-state index in [4.69, 9.17) is 9.47 Å². The van der Waals surface area contributed by atoms with Crippen molar-refractivity contribution in [3.8, 4) is 0 Å². The van der Waals surface area contributed by atoms with Gasteiger partial charge in [0.05, 0.1) is 11.3 Å². The number of carbonyl (C=O) groups is 2. The van der Waals surface area contributed by atoms with Gasteiger partial charge in [0.2, 0.25) is 0 Å². The molecule has 2 heterocycles. The third kappa shape index (κ3) is 2.47. The summed E-state index contributed by atoms with van der Waals surface area (Å²) < 4.78 is 11.8. The van der Waals surface area contributed by atoms with Gasteiger partial charge in [0.25, 0.3) is 0 Å². The molecule has 4 aliphatic rings. The van der Waals surface area contributed by atoms with Crippen molar-refractivity contribution in [3.05, 3.63) is 0 Å². The molecule has 4 bridgehead atoms. The highest BCUT2D eigenvalue weighted by Crippen LogP contribution is 2.60. The Kier molecular flexibility index (Phi) is 2.84. The summed E-state index contributed by atoms with van der Waals surface area (Å²) >= 11 is 0. The Morgan fingerprint density at radius 3 is 2.48 bits per heavy atom. The number of hydrogen-bond acceptors (Lipinski definition) is 4. The topological polar surface area (TPSA) is 52.6 Å². The molecule has 0 spiro atoms. The van der Waals surface area contributed by atoms with E-state index < -0.39 is 16.6 Å². The maximum Gasteiger partial charge on any atom is 0.311 e. The Balaban J connectivity index is 1.96. The summed E-state index contributed by atoms with van der Waals surface area (Å²) in [4.78, 5) is 24.7. The number of ether oxygens (including phenoxy) is 2. The molecule has 4 atom stereocenters. The lowest BCUT2D eigenvalue weighted by Gasteiger charge is -2.54. The van der Waals surface area contributed by atoms with Crippen molar-refractivity contribution in [1.82, 2.24) is 0 Å². The van der Waals surface area contributed by atoms with Gasteiger partial charge in [-0.25, -0.2) is 0 Å². The van der Waals surface area contributed by atoms with Crippen LogP contribution in [0.15, 0.2) is 0 Å². The first-order valence-corrected chi connectivity index (χ1v) is 7.91. The van der Waals surface area contributed by atoms with Crippen molar-refractivity contribution >= 4 is 11.9 Å². The largest absolute Gasteiger partial charge is 0.459 e. The third-order valence-electron chi connectivity index (χ3n) is 5.21. The Morgan fingerprint density at radius 1 is 1.19 bits per heavy atom. The Morgan fingerprint density at radius 2 is 1.86 bits per heavy atom. The average molecular weight is 294 g/mol. The highest BCUT2D eigenvalue weighted by Gasteiger charge is 2.63. The quantitative estimate of drug-likeness (QED) is 0.697. The fourth-order valence-electron chi connectivity index (χ4n) is 4.98. The molecule has 2 saturated heterocycles. The molecule has 2 aliphatic heterocycles. The monoisotopic (exact) mass is 294 g/mol. The molecule has 4 nitrogen and oxygen atoms in total. The standard InChI is InChI=1S/C17H26O4/c1-14(2,3)13(19)21-17-7-11-6-15(4,9-17)8-16(5,10-17)20-12(11)18/h11H,6-10H2,1-5H3.